The molecule has 4 rings (SSSR count). The van der Waals surface area contributed by atoms with E-state index in [4.69, 9.17) is 5.73 Å². The van der Waals surface area contributed by atoms with Gasteiger partial charge in [-0.25, -0.2) is 13.9 Å². The summed E-state index contributed by atoms with van der Waals surface area (Å²) in [6, 6.07) is 6.25. The van der Waals surface area contributed by atoms with Crippen LogP contribution < -0.4 is 10.6 Å². The second-order valence-electron chi connectivity index (χ2n) is 5.82. The van der Waals surface area contributed by atoms with E-state index in [1.54, 1.807) is 21.5 Å². The number of hydrogen-bond acceptors (Lipinski definition) is 6. The largest absolute Gasteiger partial charge is 0.343 e. The molecule has 1 amide bonds. The summed E-state index contributed by atoms with van der Waals surface area (Å²) in [6.07, 6.45) is 1.84. The second kappa shape index (κ2) is 8.83. The fourth-order valence-corrected chi connectivity index (χ4v) is 3.79. The van der Waals surface area contributed by atoms with Crippen molar-refractivity contribution in [3.8, 4) is 11.3 Å². The molecule has 2 N–H and O–H groups in total. The number of nitrogens with zero attached hydrogens (tertiary/aromatic N) is 5. The van der Waals surface area contributed by atoms with E-state index in [1.807, 2.05) is 6.20 Å². The number of carbonyl (C=O) groups is 1. The van der Waals surface area contributed by atoms with Gasteiger partial charge in [-0.05, 0) is 24.3 Å². The third-order valence-corrected chi connectivity index (χ3v) is 5.23. The Labute approximate surface area is 171 Å². The molecule has 3 aromatic rings. The van der Waals surface area contributed by atoms with E-state index >= 15 is 0 Å². The fourth-order valence-electron chi connectivity index (χ4n) is 2.85. The number of hydrogen-bond donors (Lipinski definition) is 1. The SMILES string of the molecule is Cl.Cl.NCC(=O)N1CCN(c2nn3cc(-c4ccc(F)cc4)nc3s2)CC1. The van der Waals surface area contributed by atoms with Crippen molar-refractivity contribution in [1.82, 2.24) is 19.5 Å². The Kier molecular flexibility index (Phi) is 6.99. The number of imidazole rings is 1. The maximum atomic E-state index is 13.0. The number of aromatic nitrogens is 3. The summed E-state index contributed by atoms with van der Waals surface area (Å²) >= 11 is 1.50. The van der Waals surface area contributed by atoms with Crippen molar-refractivity contribution in [2.24, 2.45) is 5.73 Å². The second-order valence-corrected chi connectivity index (χ2v) is 6.75. The number of halogens is 3. The first kappa shape index (κ1) is 21.4. The number of piperazine rings is 1. The molecule has 1 aliphatic heterocycles. The average Bonchev–Trinajstić information content (AvgIpc) is 3.21. The number of benzene rings is 1. The average molecular weight is 433 g/mol. The van der Waals surface area contributed by atoms with Gasteiger partial charge in [0, 0.05) is 31.7 Å². The molecule has 0 saturated carbocycles. The topological polar surface area (TPSA) is 79.8 Å². The normalized spacial score (nSPS) is 14.0. The lowest BCUT2D eigenvalue weighted by atomic mass is 10.2. The maximum Gasteiger partial charge on any atom is 0.236 e. The van der Waals surface area contributed by atoms with Crippen LogP contribution in [-0.4, -0.2) is 58.1 Å². The van der Waals surface area contributed by atoms with Crippen molar-refractivity contribution in [1.29, 1.82) is 0 Å². The van der Waals surface area contributed by atoms with Gasteiger partial charge in [-0.3, -0.25) is 4.79 Å². The van der Waals surface area contributed by atoms with Crippen molar-refractivity contribution in [2.75, 3.05) is 37.6 Å². The molecule has 0 spiro atoms. The predicted octanol–water partition coefficient (Wildman–Crippen LogP) is 2.05. The van der Waals surface area contributed by atoms with Crippen molar-refractivity contribution in [2.45, 2.75) is 0 Å². The van der Waals surface area contributed by atoms with Crippen LogP contribution in [0, 0.1) is 5.82 Å². The molecule has 2 aromatic heterocycles. The van der Waals surface area contributed by atoms with Gasteiger partial charge in [-0.1, -0.05) is 11.3 Å². The van der Waals surface area contributed by atoms with Crippen LogP contribution in [0.5, 0.6) is 0 Å². The van der Waals surface area contributed by atoms with E-state index in [2.05, 4.69) is 15.0 Å². The fraction of sp³-hybridized carbons (Fsp3) is 0.312. The lowest BCUT2D eigenvalue weighted by molar-refractivity contribution is -0.129. The standard InChI is InChI=1S/C16H17FN6OS.2ClH/c17-12-3-1-11(2-4-12)13-10-23-15(19-13)25-16(20-23)22-7-5-21(6-8-22)14(24)9-18;;/h1-4,10H,5-9,18H2;2*1H. The first-order valence-electron chi connectivity index (χ1n) is 7.99. The van der Waals surface area contributed by atoms with Crippen LogP contribution in [0.1, 0.15) is 0 Å². The molecule has 7 nitrogen and oxygen atoms in total. The third-order valence-electron chi connectivity index (χ3n) is 4.25. The van der Waals surface area contributed by atoms with Crippen LogP contribution in [0.15, 0.2) is 30.5 Å². The van der Waals surface area contributed by atoms with E-state index in [0.717, 1.165) is 34.4 Å². The van der Waals surface area contributed by atoms with E-state index in [-0.39, 0.29) is 43.1 Å². The molecule has 1 aliphatic rings. The Hall–Kier alpha value is -1.94. The van der Waals surface area contributed by atoms with E-state index < -0.39 is 0 Å². The minimum Gasteiger partial charge on any atom is -0.343 e. The quantitative estimate of drug-likeness (QED) is 0.684. The smallest absolute Gasteiger partial charge is 0.236 e. The number of fused-ring (bicyclic) bond motifs is 1. The Morgan fingerprint density at radius 2 is 1.81 bits per heavy atom. The predicted molar refractivity (Wildman–Crippen MR) is 109 cm³/mol. The van der Waals surface area contributed by atoms with Gasteiger partial charge in [0.2, 0.25) is 16.0 Å². The van der Waals surface area contributed by atoms with Crippen LogP contribution in [0.4, 0.5) is 9.52 Å². The molecule has 1 aromatic carbocycles. The zero-order valence-electron chi connectivity index (χ0n) is 14.2. The van der Waals surface area contributed by atoms with Crippen LogP contribution in [-0.2, 0) is 4.79 Å². The zero-order chi connectivity index (χ0) is 17.4. The molecule has 1 saturated heterocycles. The van der Waals surface area contributed by atoms with Crippen LogP contribution in [0.2, 0.25) is 0 Å². The molecule has 0 radical (unpaired) electrons. The van der Waals surface area contributed by atoms with Gasteiger partial charge in [-0.2, -0.15) is 0 Å². The summed E-state index contributed by atoms with van der Waals surface area (Å²) in [6.45, 7) is 2.81. The highest BCUT2D eigenvalue weighted by Gasteiger charge is 2.23. The monoisotopic (exact) mass is 432 g/mol. The molecule has 1 fully saturated rings. The Balaban J connectivity index is 0.00000131. The van der Waals surface area contributed by atoms with Gasteiger partial charge < -0.3 is 15.5 Å². The van der Waals surface area contributed by atoms with Crippen molar-refractivity contribution in [3.63, 3.8) is 0 Å². The van der Waals surface area contributed by atoms with Crippen LogP contribution in [0.25, 0.3) is 16.2 Å². The summed E-state index contributed by atoms with van der Waals surface area (Å²) < 4.78 is 14.8. The number of carbonyl (C=O) groups excluding carboxylic acids is 1. The summed E-state index contributed by atoms with van der Waals surface area (Å²) in [5.41, 5.74) is 7.03. The van der Waals surface area contributed by atoms with Gasteiger partial charge in [0.1, 0.15) is 5.82 Å². The summed E-state index contributed by atoms with van der Waals surface area (Å²) in [7, 11) is 0. The highest BCUT2D eigenvalue weighted by Crippen LogP contribution is 2.27. The lowest BCUT2D eigenvalue weighted by Crippen LogP contribution is -2.50. The Bertz CT molecular complexity index is 876. The molecular formula is C16H19Cl2FN6OS. The van der Waals surface area contributed by atoms with Gasteiger partial charge in [0.05, 0.1) is 18.4 Å². The third kappa shape index (κ3) is 4.32. The van der Waals surface area contributed by atoms with Crippen molar-refractivity contribution < 1.29 is 9.18 Å². The summed E-state index contributed by atoms with van der Waals surface area (Å²) in [5.74, 6) is -0.282. The molecule has 27 heavy (non-hydrogen) atoms. The zero-order valence-corrected chi connectivity index (χ0v) is 16.7. The minimum atomic E-state index is -0.266. The van der Waals surface area contributed by atoms with Crippen LogP contribution in [0.3, 0.4) is 0 Å². The van der Waals surface area contributed by atoms with E-state index in [1.165, 1.54) is 23.5 Å². The van der Waals surface area contributed by atoms with Crippen LogP contribution >= 0.6 is 36.2 Å². The highest BCUT2D eigenvalue weighted by molar-refractivity contribution is 7.20. The van der Waals surface area contributed by atoms with Gasteiger partial charge in [0.25, 0.3) is 0 Å². The molecule has 11 heteroatoms. The number of anilines is 1. The van der Waals surface area contributed by atoms with Gasteiger partial charge in [-0.15, -0.1) is 29.9 Å². The van der Waals surface area contributed by atoms with Gasteiger partial charge >= 0.3 is 0 Å². The van der Waals surface area contributed by atoms with Gasteiger partial charge in [0.15, 0.2) is 0 Å². The molecule has 0 bridgehead atoms. The van der Waals surface area contributed by atoms with Crippen molar-refractivity contribution in [3.05, 3.63) is 36.3 Å². The Morgan fingerprint density at radius 1 is 1.15 bits per heavy atom. The maximum absolute atomic E-state index is 13.0. The van der Waals surface area contributed by atoms with E-state index in [0.29, 0.717) is 13.1 Å². The molecule has 3 heterocycles. The first-order chi connectivity index (χ1) is 12.1. The molecule has 0 unspecified atom stereocenters. The summed E-state index contributed by atoms with van der Waals surface area (Å²) in [4.78, 5) is 20.9. The minimum absolute atomic E-state index is 0. The molecule has 0 atom stereocenters. The number of amides is 1. The Morgan fingerprint density at radius 3 is 2.41 bits per heavy atom. The van der Waals surface area contributed by atoms with E-state index in [9.17, 15) is 9.18 Å². The summed E-state index contributed by atoms with van der Waals surface area (Å²) in [5, 5.41) is 5.47. The lowest BCUT2D eigenvalue weighted by Gasteiger charge is -2.34. The molecule has 0 aliphatic carbocycles. The first-order valence-corrected chi connectivity index (χ1v) is 8.80. The number of nitrogens with two attached hydrogens (primary N) is 1. The van der Waals surface area contributed by atoms with Crippen molar-refractivity contribution >= 4 is 52.2 Å². The number of rotatable bonds is 3. The highest BCUT2D eigenvalue weighted by atomic mass is 35.5. The molecular weight excluding hydrogens is 414 g/mol. The molecule has 146 valence electrons.